The zero-order valence-electron chi connectivity index (χ0n) is 14.5. The number of carbonyl (C=O) groups excluding carboxylic acids is 2. The highest BCUT2D eigenvalue weighted by Gasteiger charge is 2.30. The van der Waals surface area contributed by atoms with E-state index in [0.717, 1.165) is 25.0 Å². The molecule has 1 aromatic rings. The van der Waals surface area contributed by atoms with Gasteiger partial charge in [0.2, 0.25) is 12.0 Å². The van der Waals surface area contributed by atoms with Crippen molar-refractivity contribution in [2.75, 3.05) is 13.2 Å². The minimum Gasteiger partial charge on any atom is -0.382 e. The summed E-state index contributed by atoms with van der Waals surface area (Å²) < 4.78 is 5.46. The van der Waals surface area contributed by atoms with E-state index < -0.39 is 12.1 Å². The van der Waals surface area contributed by atoms with Crippen molar-refractivity contribution in [2.45, 2.75) is 44.4 Å². The molecule has 1 saturated heterocycles. The average molecular weight is 380 g/mol. The quantitative estimate of drug-likeness (QED) is 0.786. The number of nitrogens with zero attached hydrogens (tertiary/aromatic N) is 1. The van der Waals surface area contributed by atoms with Gasteiger partial charge in [-0.1, -0.05) is 28.9 Å². The highest BCUT2D eigenvalue weighted by molar-refractivity contribution is 6.30. The van der Waals surface area contributed by atoms with Crippen LogP contribution in [0.1, 0.15) is 31.7 Å². The van der Waals surface area contributed by atoms with Crippen molar-refractivity contribution in [2.24, 2.45) is 5.16 Å². The molecule has 7 nitrogen and oxygen atoms in total. The Morgan fingerprint density at radius 3 is 2.81 bits per heavy atom. The molecule has 3 rings (SSSR count). The molecular weight excluding hydrogens is 358 g/mol. The lowest BCUT2D eigenvalue weighted by Gasteiger charge is -2.17. The Hall–Kier alpha value is -2.12. The lowest BCUT2D eigenvalue weighted by Crippen LogP contribution is -2.49. The van der Waals surface area contributed by atoms with Crippen molar-refractivity contribution >= 4 is 29.1 Å². The summed E-state index contributed by atoms with van der Waals surface area (Å²) in [6.07, 6.45) is 1.63. The molecule has 2 aliphatic rings. The molecule has 2 aliphatic heterocycles. The third-order valence-electron chi connectivity index (χ3n) is 4.42. The van der Waals surface area contributed by atoms with Gasteiger partial charge in [-0.2, -0.15) is 0 Å². The number of oxime groups is 1. The number of benzene rings is 1. The van der Waals surface area contributed by atoms with Crippen molar-refractivity contribution in [1.82, 2.24) is 10.6 Å². The van der Waals surface area contributed by atoms with Crippen LogP contribution in [0, 0.1) is 0 Å². The molecule has 2 amide bonds. The lowest BCUT2D eigenvalue weighted by atomic mass is 10.0. The SMILES string of the molecule is C[C@H](NC(=O)[C@@H]1CC(c2ccc(Cl)cc2)=NO1)C(=O)NC[C@H]1CCCO1. The topological polar surface area (TPSA) is 89.0 Å². The first-order valence-corrected chi connectivity index (χ1v) is 9.09. The van der Waals surface area contributed by atoms with Crippen LogP contribution in [0.3, 0.4) is 0 Å². The van der Waals surface area contributed by atoms with Gasteiger partial charge in [0.1, 0.15) is 6.04 Å². The van der Waals surface area contributed by atoms with Crippen molar-refractivity contribution in [1.29, 1.82) is 0 Å². The third kappa shape index (κ3) is 4.74. The number of hydrogen-bond donors (Lipinski definition) is 2. The molecule has 1 fully saturated rings. The van der Waals surface area contributed by atoms with Gasteiger partial charge in [-0.15, -0.1) is 0 Å². The van der Waals surface area contributed by atoms with Crippen LogP contribution in [-0.4, -0.2) is 48.9 Å². The monoisotopic (exact) mass is 379 g/mol. The number of ether oxygens (including phenoxy) is 1. The van der Waals surface area contributed by atoms with Crippen molar-refractivity contribution < 1.29 is 19.2 Å². The molecule has 0 aliphatic carbocycles. The largest absolute Gasteiger partial charge is 0.382 e. The lowest BCUT2D eigenvalue weighted by molar-refractivity contribution is -0.135. The van der Waals surface area contributed by atoms with Gasteiger partial charge < -0.3 is 20.2 Å². The van der Waals surface area contributed by atoms with Gasteiger partial charge in [0, 0.05) is 24.6 Å². The van der Waals surface area contributed by atoms with E-state index in [4.69, 9.17) is 21.2 Å². The summed E-state index contributed by atoms with van der Waals surface area (Å²) in [5.74, 6) is -0.608. The molecule has 26 heavy (non-hydrogen) atoms. The summed E-state index contributed by atoms with van der Waals surface area (Å²) in [6.45, 7) is 2.84. The van der Waals surface area contributed by atoms with Gasteiger partial charge in [0.25, 0.3) is 5.91 Å². The molecule has 0 radical (unpaired) electrons. The van der Waals surface area contributed by atoms with E-state index in [2.05, 4.69) is 15.8 Å². The summed E-state index contributed by atoms with van der Waals surface area (Å²) in [7, 11) is 0. The summed E-state index contributed by atoms with van der Waals surface area (Å²) in [4.78, 5) is 29.6. The van der Waals surface area contributed by atoms with Crippen LogP contribution in [0.5, 0.6) is 0 Å². The van der Waals surface area contributed by atoms with Gasteiger partial charge >= 0.3 is 0 Å². The highest BCUT2D eigenvalue weighted by atomic mass is 35.5. The van der Waals surface area contributed by atoms with Crippen LogP contribution in [0.15, 0.2) is 29.4 Å². The summed E-state index contributed by atoms with van der Waals surface area (Å²) >= 11 is 5.87. The number of rotatable bonds is 6. The number of halogens is 1. The van der Waals surface area contributed by atoms with Gasteiger partial charge in [-0.3, -0.25) is 9.59 Å². The number of carbonyl (C=O) groups is 2. The fraction of sp³-hybridized carbons (Fsp3) is 0.500. The Balaban J connectivity index is 1.44. The van der Waals surface area contributed by atoms with Crippen LogP contribution < -0.4 is 10.6 Å². The van der Waals surface area contributed by atoms with E-state index in [1.807, 2.05) is 12.1 Å². The number of nitrogens with one attached hydrogen (secondary N) is 2. The zero-order valence-corrected chi connectivity index (χ0v) is 15.3. The molecule has 8 heteroatoms. The summed E-state index contributed by atoms with van der Waals surface area (Å²) in [6, 6.07) is 6.51. The van der Waals surface area contributed by atoms with Crippen molar-refractivity contribution in [3.05, 3.63) is 34.9 Å². The van der Waals surface area contributed by atoms with E-state index >= 15 is 0 Å². The van der Waals surface area contributed by atoms with E-state index in [1.54, 1.807) is 19.1 Å². The molecular formula is C18H22ClN3O4. The van der Waals surface area contributed by atoms with Crippen LogP contribution in [0.25, 0.3) is 0 Å². The second kappa shape index (κ2) is 8.51. The first-order chi connectivity index (χ1) is 12.5. The van der Waals surface area contributed by atoms with Crippen molar-refractivity contribution in [3.63, 3.8) is 0 Å². The Labute approximate surface area is 157 Å². The van der Waals surface area contributed by atoms with Gasteiger partial charge in [-0.25, -0.2) is 0 Å². The first kappa shape index (κ1) is 18.7. The fourth-order valence-electron chi connectivity index (χ4n) is 2.88. The third-order valence-corrected chi connectivity index (χ3v) is 4.67. The molecule has 0 spiro atoms. The fourth-order valence-corrected chi connectivity index (χ4v) is 3.00. The maximum Gasteiger partial charge on any atom is 0.264 e. The molecule has 1 aromatic carbocycles. The number of amides is 2. The molecule has 0 aromatic heterocycles. The Morgan fingerprint density at radius 2 is 2.12 bits per heavy atom. The molecule has 140 valence electrons. The smallest absolute Gasteiger partial charge is 0.264 e. The second-order valence-electron chi connectivity index (χ2n) is 6.45. The summed E-state index contributed by atoms with van der Waals surface area (Å²) in [5, 5.41) is 10.1. The molecule has 2 N–H and O–H groups in total. The first-order valence-electron chi connectivity index (χ1n) is 8.71. The summed E-state index contributed by atoms with van der Waals surface area (Å²) in [5.41, 5.74) is 1.53. The Bertz CT molecular complexity index is 686. The van der Waals surface area contributed by atoms with Crippen LogP contribution >= 0.6 is 11.6 Å². The number of hydrogen-bond acceptors (Lipinski definition) is 5. The van der Waals surface area contributed by atoms with Gasteiger partial charge in [0.05, 0.1) is 11.8 Å². The minimum atomic E-state index is -0.742. The molecule has 0 bridgehead atoms. The van der Waals surface area contributed by atoms with E-state index in [1.165, 1.54) is 0 Å². The highest BCUT2D eigenvalue weighted by Crippen LogP contribution is 2.19. The van der Waals surface area contributed by atoms with Gasteiger partial charge in [-0.05, 0) is 37.5 Å². The van der Waals surface area contributed by atoms with Gasteiger partial charge in [0.15, 0.2) is 0 Å². The van der Waals surface area contributed by atoms with E-state index in [9.17, 15) is 9.59 Å². The zero-order chi connectivity index (χ0) is 18.5. The van der Waals surface area contributed by atoms with E-state index in [0.29, 0.717) is 23.7 Å². The maximum atomic E-state index is 12.3. The minimum absolute atomic E-state index is 0.0651. The molecule has 3 atom stereocenters. The Kier molecular flexibility index (Phi) is 6.11. The van der Waals surface area contributed by atoms with Crippen LogP contribution in [-0.2, 0) is 19.2 Å². The van der Waals surface area contributed by atoms with E-state index in [-0.39, 0.29) is 17.9 Å². The van der Waals surface area contributed by atoms with Crippen LogP contribution in [0.2, 0.25) is 5.02 Å². The predicted octanol–water partition coefficient (Wildman–Crippen LogP) is 1.63. The normalized spacial score (nSPS) is 23.1. The molecule has 0 unspecified atom stereocenters. The van der Waals surface area contributed by atoms with Crippen molar-refractivity contribution in [3.8, 4) is 0 Å². The second-order valence-corrected chi connectivity index (χ2v) is 6.89. The Morgan fingerprint density at radius 1 is 1.35 bits per heavy atom. The van der Waals surface area contributed by atoms with Crippen LogP contribution in [0.4, 0.5) is 0 Å². The molecule has 0 saturated carbocycles. The average Bonchev–Trinajstić information content (AvgIpc) is 3.32. The maximum absolute atomic E-state index is 12.3. The standard InChI is InChI=1S/C18H22ClN3O4/c1-11(17(23)20-10-14-3-2-8-25-14)21-18(24)16-9-15(22-26-16)12-4-6-13(19)7-5-12/h4-7,11,14,16H,2-3,8-10H2,1H3,(H,20,23)(H,21,24)/t11-,14+,16-/m0/s1. The predicted molar refractivity (Wildman–Crippen MR) is 97.1 cm³/mol. The molecule has 2 heterocycles.